The van der Waals surface area contributed by atoms with Crippen molar-refractivity contribution in [3.63, 3.8) is 0 Å². The summed E-state index contributed by atoms with van der Waals surface area (Å²) in [4.78, 5) is 0. The van der Waals surface area contributed by atoms with Gasteiger partial charge in [0.05, 0.1) is 25.2 Å². The number of hydroxylamine groups is 3. The van der Waals surface area contributed by atoms with E-state index in [-0.39, 0.29) is 15.6 Å². The van der Waals surface area contributed by atoms with E-state index in [1.165, 1.54) is 6.07 Å². The third kappa shape index (κ3) is 2.14. The van der Waals surface area contributed by atoms with E-state index < -0.39 is 5.82 Å². The highest BCUT2D eigenvalue weighted by atomic mass is 35.5. The lowest BCUT2D eigenvalue weighted by Gasteiger charge is -2.33. The zero-order chi connectivity index (χ0) is 11.1. The summed E-state index contributed by atoms with van der Waals surface area (Å²) in [5.41, 5.74) is 0.773. The molecule has 0 aliphatic carbocycles. The molecule has 0 aromatic heterocycles. The van der Waals surface area contributed by atoms with E-state index in [9.17, 15) is 9.60 Å². The molecular formula is C11H13ClFNO. The molecule has 0 bridgehead atoms. The van der Waals surface area contributed by atoms with E-state index in [0.29, 0.717) is 13.1 Å². The molecule has 2 nitrogen and oxygen atoms in total. The molecule has 1 saturated heterocycles. The molecule has 1 aromatic carbocycles. The molecule has 82 valence electrons. The molecule has 1 heterocycles. The fourth-order valence-electron chi connectivity index (χ4n) is 2.17. The Balaban J connectivity index is 2.28. The average molecular weight is 230 g/mol. The first-order valence-corrected chi connectivity index (χ1v) is 5.37. The maximum Gasteiger partial charge on any atom is 0.142 e. The number of likely N-dealkylation sites (N-methyl/N-ethyl adjacent to an activating group) is 1. The summed E-state index contributed by atoms with van der Waals surface area (Å²) >= 11 is 5.88. The van der Waals surface area contributed by atoms with Crippen molar-refractivity contribution in [1.82, 2.24) is 0 Å². The topological polar surface area (TPSA) is 23.1 Å². The minimum atomic E-state index is -0.402. The molecule has 1 fully saturated rings. The fraction of sp³-hybridized carbons (Fsp3) is 0.455. The number of nitrogens with zero attached hydrogens (tertiary/aromatic N) is 1. The summed E-state index contributed by atoms with van der Waals surface area (Å²) in [5, 5.41) is 11.9. The van der Waals surface area contributed by atoms with E-state index in [0.717, 1.165) is 12.0 Å². The van der Waals surface area contributed by atoms with Gasteiger partial charge in [0.25, 0.3) is 0 Å². The number of likely N-dealkylation sites (tertiary alicyclic amines) is 1. The Labute approximate surface area is 93.4 Å². The fourth-order valence-corrected chi connectivity index (χ4v) is 2.45. The maximum absolute atomic E-state index is 13.2. The molecule has 0 saturated carbocycles. The van der Waals surface area contributed by atoms with Gasteiger partial charge < -0.3 is 9.85 Å². The third-order valence-corrected chi connectivity index (χ3v) is 3.38. The molecule has 2 unspecified atom stereocenters. The monoisotopic (exact) mass is 229 g/mol. The van der Waals surface area contributed by atoms with Gasteiger partial charge in [0, 0.05) is 12.3 Å². The van der Waals surface area contributed by atoms with Crippen LogP contribution in [0.2, 0.25) is 5.02 Å². The van der Waals surface area contributed by atoms with E-state index in [4.69, 9.17) is 11.6 Å². The van der Waals surface area contributed by atoms with Crippen molar-refractivity contribution in [2.75, 3.05) is 20.1 Å². The molecular weight excluding hydrogens is 217 g/mol. The van der Waals surface area contributed by atoms with E-state index in [2.05, 4.69) is 0 Å². The number of rotatable bonds is 1. The van der Waals surface area contributed by atoms with Crippen LogP contribution < -0.4 is 0 Å². The summed E-state index contributed by atoms with van der Waals surface area (Å²) < 4.78 is 13.0. The SMILES string of the molecule is C[N+]1([O-])CCC(c2cccc(F)c2Cl)C1. The molecule has 15 heavy (non-hydrogen) atoms. The molecule has 0 radical (unpaired) electrons. The lowest BCUT2D eigenvalue weighted by molar-refractivity contribution is -0.848. The summed E-state index contributed by atoms with van der Waals surface area (Å²) in [7, 11) is 1.65. The van der Waals surface area contributed by atoms with Crippen LogP contribution in [0.3, 0.4) is 0 Å². The minimum absolute atomic E-state index is 0.0932. The van der Waals surface area contributed by atoms with Crippen LogP contribution in [0.25, 0.3) is 0 Å². The Morgan fingerprint density at radius 2 is 2.27 bits per heavy atom. The Bertz CT molecular complexity index is 381. The van der Waals surface area contributed by atoms with Crippen molar-refractivity contribution in [2.45, 2.75) is 12.3 Å². The second kappa shape index (κ2) is 3.74. The van der Waals surface area contributed by atoms with Crippen molar-refractivity contribution < 1.29 is 9.04 Å². The first kappa shape index (κ1) is 10.9. The second-order valence-electron chi connectivity index (χ2n) is 4.33. The molecule has 1 aliphatic heterocycles. The van der Waals surface area contributed by atoms with Crippen LogP contribution in [0.5, 0.6) is 0 Å². The lowest BCUT2D eigenvalue weighted by Crippen LogP contribution is -2.34. The molecule has 1 aromatic rings. The van der Waals surface area contributed by atoms with Gasteiger partial charge in [-0.15, -0.1) is 0 Å². The van der Waals surface area contributed by atoms with Gasteiger partial charge in [-0.25, -0.2) is 4.39 Å². The quantitative estimate of drug-likeness (QED) is 0.536. The number of hydrogen-bond acceptors (Lipinski definition) is 1. The Hall–Kier alpha value is -0.640. The van der Waals surface area contributed by atoms with Crippen LogP contribution in [0.15, 0.2) is 18.2 Å². The maximum atomic E-state index is 13.2. The van der Waals surface area contributed by atoms with Gasteiger partial charge in [-0.05, 0) is 11.6 Å². The van der Waals surface area contributed by atoms with Crippen molar-refractivity contribution in [3.8, 4) is 0 Å². The van der Waals surface area contributed by atoms with Gasteiger partial charge in [-0.1, -0.05) is 23.7 Å². The molecule has 2 atom stereocenters. The smallest absolute Gasteiger partial charge is 0.142 e. The lowest BCUT2D eigenvalue weighted by atomic mass is 9.98. The Kier molecular flexibility index (Phi) is 2.71. The van der Waals surface area contributed by atoms with Crippen molar-refractivity contribution in [3.05, 3.63) is 39.8 Å². The Morgan fingerprint density at radius 1 is 1.53 bits per heavy atom. The molecule has 0 N–H and O–H groups in total. The van der Waals surface area contributed by atoms with Crippen LogP contribution in [-0.2, 0) is 0 Å². The van der Waals surface area contributed by atoms with Gasteiger partial charge in [0.15, 0.2) is 0 Å². The van der Waals surface area contributed by atoms with Gasteiger partial charge in [-0.3, -0.25) is 0 Å². The predicted molar refractivity (Wildman–Crippen MR) is 58.1 cm³/mol. The standard InChI is InChI=1S/C11H13ClFNO/c1-14(15)6-5-8(7-14)9-3-2-4-10(13)11(9)12/h2-4,8H,5-7H2,1H3. The van der Waals surface area contributed by atoms with Gasteiger partial charge in [0.2, 0.25) is 0 Å². The van der Waals surface area contributed by atoms with Crippen molar-refractivity contribution in [2.24, 2.45) is 0 Å². The van der Waals surface area contributed by atoms with Gasteiger partial charge in [0.1, 0.15) is 5.82 Å². The van der Waals surface area contributed by atoms with Gasteiger partial charge in [-0.2, -0.15) is 0 Å². The first-order valence-electron chi connectivity index (χ1n) is 4.99. The molecule has 0 spiro atoms. The van der Waals surface area contributed by atoms with E-state index >= 15 is 0 Å². The number of halogens is 2. The molecule has 2 rings (SSSR count). The number of quaternary nitrogens is 1. The highest BCUT2D eigenvalue weighted by Crippen LogP contribution is 2.35. The molecule has 4 heteroatoms. The van der Waals surface area contributed by atoms with E-state index in [1.54, 1.807) is 19.2 Å². The zero-order valence-electron chi connectivity index (χ0n) is 8.54. The van der Waals surface area contributed by atoms with Crippen molar-refractivity contribution >= 4 is 11.6 Å². The van der Waals surface area contributed by atoms with Crippen LogP contribution in [0, 0.1) is 11.0 Å². The summed E-state index contributed by atoms with van der Waals surface area (Å²) in [6, 6.07) is 4.79. The summed E-state index contributed by atoms with van der Waals surface area (Å²) in [5.74, 6) is -0.308. The first-order chi connectivity index (χ1) is 6.99. The normalized spacial score (nSPS) is 30.8. The predicted octanol–water partition coefficient (Wildman–Crippen LogP) is 2.91. The second-order valence-corrected chi connectivity index (χ2v) is 4.71. The Morgan fingerprint density at radius 3 is 2.87 bits per heavy atom. The zero-order valence-corrected chi connectivity index (χ0v) is 9.30. The van der Waals surface area contributed by atoms with Crippen LogP contribution in [0.1, 0.15) is 17.9 Å². The average Bonchev–Trinajstić information content (AvgIpc) is 2.51. The van der Waals surface area contributed by atoms with Gasteiger partial charge >= 0.3 is 0 Å². The van der Waals surface area contributed by atoms with Crippen LogP contribution in [0.4, 0.5) is 4.39 Å². The van der Waals surface area contributed by atoms with E-state index in [1.807, 2.05) is 0 Å². The third-order valence-electron chi connectivity index (χ3n) is 2.98. The largest absolute Gasteiger partial charge is 0.633 e. The van der Waals surface area contributed by atoms with Crippen molar-refractivity contribution in [1.29, 1.82) is 0 Å². The molecule has 0 amide bonds. The van der Waals surface area contributed by atoms with Crippen LogP contribution in [-0.4, -0.2) is 24.8 Å². The minimum Gasteiger partial charge on any atom is -0.633 e. The summed E-state index contributed by atoms with van der Waals surface area (Å²) in [6.45, 7) is 1.07. The number of hydrogen-bond donors (Lipinski definition) is 0. The summed E-state index contributed by atoms with van der Waals surface area (Å²) in [6.07, 6.45) is 0.781. The number of benzene rings is 1. The highest BCUT2D eigenvalue weighted by molar-refractivity contribution is 6.31. The highest BCUT2D eigenvalue weighted by Gasteiger charge is 2.30. The molecule has 1 aliphatic rings. The van der Waals surface area contributed by atoms with Crippen LogP contribution >= 0.6 is 11.6 Å².